The second kappa shape index (κ2) is 7.52. The van der Waals surface area contributed by atoms with Crippen LogP contribution in [0.3, 0.4) is 0 Å². The Bertz CT molecular complexity index is 1190. The SMILES string of the molecule is CN1CCc2[nH]c(=O)c(Nc3ncc4ccnc(N5CCC(F)(F)CC5)c4n3)cc2C1. The molecule has 0 bridgehead atoms. The van der Waals surface area contributed by atoms with Gasteiger partial charge in [0.1, 0.15) is 11.2 Å². The number of nitrogens with zero attached hydrogens (tertiary/aromatic N) is 5. The highest BCUT2D eigenvalue weighted by Crippen LogP contribution is 2.32. The molecule has 8 nitrogen and oxygen atoms in total. The highest BCUT2D eigenvalue weighted by Gasteiger charge is 2.35. The Morgan fingerprint density at radius 1 is 1.19 bits per heavy atom. The molecule has 10 heteroatoms. The summed E-state index contributed by atoms with van der Waals surface area (Å²) in [6.45, 7) is 2.09. The third-order valence-electron chi connectivity index (χ3n) is 5.92. The van der Waals surface area contributed by atoms with Gasteiger partial charge in [0.25, 0.3) is 11.5 Å². The molecule has 3 aromatic rings. The number of alkyl halides is 2. The van der Waals surface area contributed by atoms with Crippen molar-refractivity contribution in [3.05, 3.63) is 46.1 Å². The van der Waals surface area contributed by atoms with Crippen LogP contribution in [0, 0.1) is 0 Å². The van der Waals surface area contributed by atoms with Crippen LogP contribution in [-0.4, -0.2) is 57.4 Å². The van der Waals surface area contributed by atoms with Crippen molar-refractivity contribution >= 4 is 28.4 Å². The van der Waals surface area contributed by atoms with Gasteiger partial charge >= 0.3 is 0 Å². The number of rotatable bonds is 3. The molecule has 0 aromatic carbocycles. The molecule has 2 aliphatic rings. The zero-order chi connectivity index (χ0) is 21.6. The van der Waals surface area contributed by atoms with Gasteiger partial charge in [0.2, 0.25) is 5.95 Å². The normalized spacial score (nSPS) is 18.7. The van der Waals surface area contributed by atoms with E-state index >= 15 is 0 Å². The summed E-state index contributed by atoms with van der Waals surface area (Å²) in [6.07, 6.45) is 3.67. The van der Waals surface area contributed by atoms with E-state index in [-0.39, 0.29) is 37.4 Å². The third kappa shape index (κ3) is 3.95. The summed E-state index contributed by atoms with van der Waals surface area (Å²) in [4.78, 5) is 32.8. The molecule has 2 aliphatic heterocycles. The van der Waals surface area contributed by atoms with Gasteiger partial charge in [-0.3, -0.25) is 4.79 Å². The van der Waals surface area contributed by atoms with E-state index in [1.807, 2.05) is 18.0 Å². The van der Waals surface area contributed by atoms with Crippen LogP contribution in [0.4, 0.5) is 26.2 Å². The number of anilines is 3. The van der Waals surface area contributed by atoms with Crippen LogP contribution in [-0.2, 0) is 13.0 Å². The molecule has 1 saturated heterocycles. The number of halogens is 2. The second-order valence-electron chi connectivity index (χ2n) is 8.24. The van der Waals surface area contributed by atoms with Gasteiger partial charge in [-0.15, -0.1) is 0 Å². The number of hydrogen-bond acceptors (Lipinski definition) is 7. The summed E-state index contributed by atoms with van der Waals surface area (Å²) in [5, 5.41) is 3.78. The summed E-state index contributed by atoms with van der Waals surface area (Å²) in [7, 11) is 2.04. The number of piperidine rings is 1. The first kappa shape index (κ1) is 19.8. The number of likely N-dealkylation sites (N-methyl/N-ethyl adjacent to an activating group) is 1. The van der Waals surface area contributed by atoms with Crippen molar-refractivity contribution in [2.75, 3.05) is 36.9 Å². The van der Waals surface area contributed by atoms with E-state index in [1.165, 1.54) is 0 Å². The number of H-pyrrole nitrogens is 1. The maximum Gasteiger partial charge on any atom is 0.271 e. The van der Waals surface area contributed by atoms with Crippen LogP contribution < -0.4 is 15.8 Å². The zero-order valence-corrected chi connectivity index (χ0v) is 17.2. The van der Waals surface area contributed by atoms with Crippen LogP contribution in [0.25, 0.3) is 10.9 Å². The van der Waals surface area contributed by atoms with Crippen molar-refractivity contribution in [3.63, 3.8) is 0 Å². The van der Waals surface area contributed by atoms with Gasteiger partial charge in [-0.05, 0) is 24.7 Å². The van der Waals surface area contributed by atoms with Crippen LogP contribution in [0.5, 0.6) is 0 Å². The molecule has 2 N–H and O–H groups in total. The van der Waals surface area contributed by atoms with E-state index in [0.29, 0.717) is 17.0 Å². The molecule has 3 aromatic heterocycles. The molecule has 0 amide bonds. The molecule has 0 atom stereocenters. The molecule has 1 fully saturated rings. The molecule has 0 spiro atoms. The molecular formula is C21H23F2N7O. The lowest BCUT2D eigenvalue weighted by Gasteiger charge is -2.32. The van der Waals surface area contributed by atoms with Crippen molar-refractivity contribution in [1.82, 2.24) is 24.8 Å². The minimum absolute atomic E-state index is 0.208. The average molecular weight is 427 g/mol. The van der Waals surface area contributed by atoms with Gasteiger partial charge in [-0.1, -0.05) is 0 Å². The van der Waals surface area contributed by atoms with Crippen molar-refractivity contribution in [3.8, 4) is 0 Å². The number of pyridine rings is 2. The highest BCUT2D eigenvalue weighted by molar-refractivity contribution is 5.88. The standard InChI is InChI=1S/C21H23F2N7O/c1-29-7-3-15-14(12-29)10-16(19(31)26-15)27-20-25-11-13-2-6-24-18(17(13)28-20)30-8-4-21(22,23)5-9-30/h2,6,10-11H,3-5,7-9,12H2,1H3,(H,26,31)(H,25,27,28). The fourth-order valence-electron chi connectivity index (χ4n) is 4.14. The molecule has 5 rings (SSSR count). The fraction of sp³-hybridized carbons (Fsp3) is 0.429. The van der Waals surface area contributed by atoms with Crippen molar-refractivity contribution in [2.45, 2.75) is 31.7 Å². The third-order valence-corrected chi connectivity index (χ3v) is 5.92. The average Bonchev–Trinajstić information content (AvgIpc) is 2.74. The number of nitrogens with one attached hydrogen (secondary N) is 2. The first-order valence-corrected chi connectivity index (χ1v) is 10.3. The summed E-state index contributed by atoms with van der Waals surface area (Å²) in [5.41, 5.74) is 2.74. The van der Waals surface area contributed by atoms with Crippen LogP contribution in [0.1, 0.15) is 24.1 Å². The van der Waals surface area contributed by atoms with Gasteiger partial charge < -0.3 is 20.1 Å². The van der Waals surface area contributed by atoms with E-state index in [9.17, 15) is 13.6 Å². The van der Waals surface area contributed by atoms with Crippen molar-refractivity contribution in [1.29, 1.82) is 0 Å². The number of fused-ring (bicyclic) bond motifs is 2. The lowest BCUT2D eigenvalue weighted by molar-refractivity contribution is -0.0221. The number of aromatic nitrogens is 4. The minimum atomic E-state index is -2.63. The molecule has 162 valence electrons. The Hall–Kier alpha value is -3.14. The molecule has 0 unspecified atom stereocenters. The van der Waals surface area contributed by atoms with Crippen LogP contribution in [0.15, 0.2) is 29.3 Å². The summed E-state index contributed by atoms with van der Waals surface area (Å²) in [6, 6.07) is 3.62. The molecule has 5 heterocycles. The zero-order valence-electron chi connectivity index (χ0n) is 17.2. The van der Waals surface area contributed by atoms with E-state index < -0.39 is 5.92 Å². The predicted octanol–water partition coefficient (Wildman–Crippen LogP) is 2.68. The maximum atomic E-state index is 13.6. The van der Waals surface area contributed by atoms with E-state index in [1.54, 1.807) is 18.5 Å². The van der Waals surface area contributed by atoms with Crippen molar-refractivity contribution in [2.24, 2.45) is 0 Å². The molecule has 0 saturated carbocycles. The smallest absolute Gasteiger partial charge is 0.271 e. The highest BCUT2D eigenvalue weighted by atomic mass is 19.3. The Morgan fingerprint density at radius 2 is 2.00 bits per heavy atom. The van der Waals surface area contributed by atoms with Gasteiger partial charge in [-0.25, -0.2) is 23.7 Å². The van der Waals surface area contributed by atoms with Gasteiger partial charge in [0.15, 0.2) is 5.82 Å². The summed E-state index contributed by atoms with van der Waals surface area (Å²) >= 11 is 0. The van der Waals surface area contributed by atoms with Gasteiger partial charge in [0.05, 0.1) is 0 Å². The quantitative estimate of drug-likeness (QED) is 0.664. The van der Waals surface area contributed by atoms with E-state index in [4.69, 9.17) is 0 Å². The largest absolute Gasteiger partial charge is 0.354 e. The predicted molar refractivity (Wildman–Crippen MR) is 114 cm³/mol. The van der Waals surface area contributed by atoms with Crippen molar-refractivity contribution < 1.29 is 8.78 Å². The summed E-state index contributed by atoms with van der Waals surface area (Å²) in [5.74, 6) is -1.82. The van der Waals surface area contributed by atoms with Crippen LogP contribution >= 0.6 is 0 Å². The van der Waals surface area contributed by atoms with E-state index in [2.05, 4.69) is 30.2 Å². The first-order chi connectivity index (χ1) is 14.9. The topological polar surface area (TPSA) is 90.0 Å². The van der Waals surface area contributed by atoms with Gasteiger partial charge in [0, 0.05) is 68.9 Å². The Labute approximate surface area is 177 Å². The Balaban J connectivity index is 1.47. The molecule has 31 heavy (non-hydrogen) atoms. The summed E-state index contributed by atoms with van der Waals surface area (Å²) < 4.78 is 27.2. The molecular weight excluding hydrogens is 404 g/mol. The van der Waals surface area contributed by atoms with Gasteiger partial charge in [-0.2, -0.15) is 0 Å². The molecule has 0 aliphatic carbocycles. The van der Waals surface area contributed by atoms with E-state index in [0.717, 1.165) is 36.2 Å². The maximum absolute atomic E-state index is 13.6. The molecule has 0 radical (unpaired) electrons. The Morgan fingerprint density at radius 3 is 2.81 bits per heavy atom. The lowest BCUT2D eigenvalue weighted by atomic mass is 10.1. The van der Waals surface area contributed by atoms with Crippen LogP contribution in [0.2, 0.25) is 0 Å². The lowest BCUT2D eigenvalue weighted by Crippen LogP contribution is -2.39. The first-order valence-electron chi connectivity index (χ1n) is 10.3. The monoisotopic (exact) mass is 427 g/mol. The number of hydrogen-bond donors (Lipinski definition) is 2. The number of aromatic amines is 1. The minimum Gasteiger partial charge on any atom is -0.354 e. The fourth-order valence-corrected chi connectivity index (χ4v) is 4.14. The Kier molecular flexibility index (Phi) is 4.81. The second-order valence-corrected chi connectivity index (χ2v) is 8.24.